The molecule has 2 rings (SSSR count). The zero-order valence-electron chi connectivity index (χ0n) is 12.6. The van der Waals surface area contributed by atoms with E-state index < -0.39 is 0 Å². The van der Waals surface area contributed by atoms with E-state index in [9.17, 15) is 4.79 Å². The topological polar surface area (TPSA) is 59.6 Å². The highest BCUT2D eigenvalue weighted by atomic mass is 16.5. The molecule has 0 saturated carbocycles. The number of benzene rings is 1. The molecule has 1 aliphatic rings. The predicted octanol–water partition coefficient (Wildman–Crippen LogP) is 2.24. The zero-order chi connectivity index (χ0) is 14.9. The number of hydrogen-bond acceptors (Lipinski definition) is 3. The van der Waals surface area contributed by atoms with E-state index in [0.717, 1.165) is 37.2 Å². The monoisotopic (exact) mass is 292 g/mol. The van der Waals surface area contributed by atoms with Gasteiger partial charge < -0.3 is 20.1 Å². The van der Waals surface area contributed by atoms with Gasteiger partial charge in [0.05, 0.1) is 12.6 Å². The Bertz CT molecular complexity index is 445. The maximum Gasteiger partial charge on any atom is 0.314 e. The van der Waals surface area contributed by atoms with E-state index in [2.05, 4.69) is 10.6 Å². The highest BCUT2D eigenvalue weighted by molar-refractivity contribution is 5.73. The van der Waals surface area contributed by atoms with Gasteiger partial charge in [-0.3, -0.25) is 0 Å². The number of ether oxygens (including phenoxy) is 2. The molecular formula is C16H24N2O3. The van der Waals surface area contributed by atoms with Crippen LogP contribution in [0.15, 0.2) is 24.3 Å². The van der Waals surface area contributed by atoms with E-state index in [4.69, 9.17) is 9.47 Å². The van der Waals surface area contributed by atoms with Gasteiger partial charge in [-0.15, -0.1) is 0 Å². The number of nitrogens with one attached hydrogen (secondary N) is 2. The minimum atomic E-state index is -0.152. The fourth-order valence-corrected chi connectivity index (χ4v) is 2.32. The summed E-state index contributed by atoms with van der Waals surface area (Å²) in [6.45, 7) is 4.47. The molecule has 0 bridgehead atoms. The fourth-order valence-electron chi connectivity index (χ4n) is 2.32. The second-order valence-electron chi connectivity index (χ2n) is 5.27. The molecule has 2 amide bonds. The number of amides is 2. The maximum absolute atomic E-state index is 11.6. The molecule has 1 aliphatic heterocycles. The van der Waals surface area contributed by atoms with E-state index in [0.29, 0.717) is 25.8 Å². The highest BCUT2D eigenvalue weighted by Gasteiger charge is 2.14. The number of hydrogen-bond donors (Lipinski definition) is 2. The molecule has 1 aromatic rings. The Morgan fingerprint density at radius 2 is 2.24 bits per heavy atom. The summed E-state index contributed by atoms with van der Waals surface area (Å²) in [6, 6.07) is 7.71. The molecule has 5 nitrogen and oxygen atoms in total. The number of aryl methyl sites for hydroxylation is 1. The summed E-state index contributed by atoms with van der Waals surface area (Å²) in [6.07, 6.45) is 3.43. The SMILES string of the molecule is Cc1cccc(OCCNC(=O)NCCC2CCCO2)c1. The Morgan fingerprint density at radius 1 is 1.38 bits per heavy atom. The molecular weight excluding hydrogens is 268 g/mol. The molecule has 1 fully saturated rings. The lowest BCUT2D eigenvalue weighted by Crippen LogP contribution is -2.38. The molecule has 116 valence electrons. The third-order valence-corrected chi connectivity index (χ3v) is 3.42. The molecule has 5 heteroatoms. The van der Waals surface area contributed by atoms with Crippen molar-refractivity contribution in [3.8, 4) is 5.75 Å². The second kappa shape index (κ2) is 8.52. The van der Waals surface area contributed by atoms with Crippen molar-refractivity contribution in [1.82, 2.24) is 10.6 Å². The Morgan fingerprint density at radius 3 is 3.00 bits per heavy atom. The van der Waals surface area contributed by atoms with Gasteiger partial charge in [0.25, 0.3) is 0 Å². The molecule has 0 spiro atoms. The maximum atomic E-state index is 11.6. The third-order valence-electron chi connectivity index (χ3n) is 3.42. The smallest absolute Gasteiger partial charge is 0.314 e. The number of rotatable bonds is 7. The van der Waals surface area contributed by atoms with Crippen molar-refractivity contribution >= 4 is 6.03 Å². The van der Waals surface area contributed by atoms with Crippen molar-refractivity contribution in [3.63, 3.8) is 0 Å². The quantitative estimate of drug-likeness (QED) is 0.758. The molecule has 1 atom stereocenters. The molecule has 0 aliphatic carbocycles. The molecule has 1 unspecified atom stereocenters. The summed E-state index contributed by atoms with van der Waals surface area (Å²) in [5.41, 5.74) is 1.16. The highest BCUT2D eigenvalue weighted by Crippen LogP contribution is 2.14. The Hall–Kier alpha value is -1.75. The Kier molecular flexibility index (Phi) is 6.34. The van der Waals surface area contributed by atoms with Crippen molar-refractivity contribution in [2.75, 3.05) is 26.3 Å². The van der Waals surface area contributed by atoms with Gasteiger partial charge in [-0.1, -0.05) is 12.1 Å². The second-order valence-corrected chi connectivity index (χ2v) is 5.27. The van der Waals surface area contributed by atoms with E-state index in [-0.39, 0.29) is 6.03 Å². The molecule has 1 saturated heterocycles. The third kappa shape index (κ3) is 6.04. The average molecular weight is 292 g/mol. The Labute approximate surface area is 126 Å². The van der Waals surface area contributed by atoms with Crippen LogP contribution in [0, 0.1) is 6.92 Å². The van der Waals surface area contributed by atoms with Crippen molar-refractivity contribution < 1.29 is 14.3 Å². The summed E-state index contributed by atoms with van der Waals surface area (Å²) in [5, 5.41) is 5.61. The average Bonchev–Trinajstić information content (AvgIpc) is 2.97. The lowest BCUT2D eigenvalue weighted by Gasteiger charge is -2.11. The van der Waals surface area contributed by atoms with Gasteiger partial charge in [-0.05, 0) is 43.9 Å². The minimum Gasteiger partial charge on any atom is -0.492 e. The van der Waals surface area contributed by atoms with Crippen LogP contribution in [0.2, 0.25) is 0 Å². The van der Waals surface area contributed by atoms with Crippen LogP contribution in [0.5, 0.6) is 5.75 Å². The lowest BCUT2D eigenvalue weighted by molar-refractivity contribution is 0.104. The molecule has 1 aromatic carbocycles. The molecule has 0 radical (unpaired) electrons. The van der Waals surface area contributed by atoms with Crippen molar-refractivity contribution in [2.24, 2.45) is 0 Å². The zero-order valence-corrected chi connectivity index (χ0v) is 12.6. The van der Waals surface area contributed by atoms with Crippen LogP contribution < -0.4 is 15.4 Å². The summed E-state index contributed by atoms with van der Waals surface area (Å²) in [4.78, 5) is 11.6. The van der Waals surface area contributed by atoms with Crippen LogP contribution in [-0.2, 0) is 4.74 Å². The molecule has 21 heavy (non-hydrogen) atoms. The van der Waals surface area contributed by atoms with Crippen LogP contribution in [0.3, 0.4) is 0 Å². The van der Waals surface area contributed by atoms with Gasteiger partial charge in [0.15, 0.2) is 0 Å². The lowest BCUT2D eigenvalue weighted by atomic mass is 10.2. The van der Waals surface area contributed by atoms with Gasteiger partial charge in [0, 0.05) is 13.2 Å². The molecule has 0 aromatic heterocycles. The summed E-state index contributed by atoms with van der Waals surface area (Å²) >= 11 is 0. The van der Waals surface area contributed by atoms with E-state index in [1.165, 1.54) is 0 Å². The fraction of sp³-hybridized carbons (Fsp3) is 0.562. The van der Waals surface area contributed by atoms with E-state index >= 15 is 0 Å². The van der Waals surface area contributed by atoms with E-state index in [1.54, 1.807) is 0 Å². The van der Waals surface area contributed by atoms with Crippen molar-refractivity contribution in [2.45, 2.75) is 32.3 Å². The number of carbonyl (C=O) groups is 1. The first-order chi connectivity index (χ1) is 10.2. The first-order valence-corrected chi connectivity index (χ1v) is 7.57. The Balaban J connectivity index is 1.50. The van der Waals surface area contributed by atoms with Crippen molar-refractivity contribution in [1.29, 1.82) is 0 Å². The van der Waals surface area contributed by atoms with Crippen LogP contribution in [-0.4, -0.2) is 38.4 Å². The first-order valence-electron chi connectivity index (χ1n) is 7.57. The van der Waals surface area contributed by atoms with Gasteiger partial charge in [0.2, 0.25) is 0 Å². The number of carbonyl (C=O) groups excluding carboxylic acids is 1. The first kappa shape index (κ1) is 15.6. The van der Waals surface area contributed by atoms with Crippen molar-refractivity contribution in [3.05, 3.63) is 29.8 Å². The number of urea groups is 1. The summed E-state index contributed by atoms with van der Waals surface area (Å²) < 4.78 is 11.1. The largest absolute Gasteiger partial charge is 0.492 e. The predicted molar refractivity (Wildman–Crippen MR) is 81.7 cm³/mol. The normalized spacial score (nSPS) is 17.5. The standard InChI is InChI=1S/C16H24N2O3/c1-13-4-2-5-15(12-13)21-11-9-18-16(19)17-8-7-14-6-3-10-20-14/h2,4-5,12,14H,3,6-11H2,1H3,(H2,17,18,19). The van der Waals surface area contributed by atoms with Gasteiger partial charge >= 0.3 is 6.03 Å². The minimum absolute atomic E-state index is 0.152. The van der Waals surface area contributed by atoms with Crippen LogP contribution in [0.25, 0.3) is 0 Å². The summed E-state index contributed by atoms with van der Waals surface area (Å²) in [7, 11) is 0. The molecule has 2 N–H and O–H groups in total. The van der Waals surface area contributed by atoms with Crippen LogP contribution >= 0.6 is 0 Å². The van der Waals surface area contributed by atoms with Crippen LogP contribution in [0.4, 0.5) is 4.79 Å². The van der Waals surface area contributed by atoms with E-state index in [1.807, 2.05) is 31.2 Å². The van der Waals surface area contributed by atoms with Gasteiger partial charge in [-0.2, -0.15) is 0 Å². The summed E-state index contributed by atoms with van der Waals surface area (Å²) in [5.74, 6) is 0.829. The molecule has 1 heterocycles. The van der Waals surface area contributed by atoms with Gasteiger partial charge in [0.1, 0.15) is 12.4 Å². The van der Waals surface area contributed by atoms with Crippen LogP contribution in [0.1, 0.15) is 24.8 Å². The van der Waals surface area contributed by atoms with Gasteiger partial charge in [-0.25, -0.2) is 4.79 Å².